The third-order valence-corrected chi connectivity index (χ3v) is 5.05. The molecular formula is C27H22N2O3. The van der Waals surface area contributed by atoms with Gasteiger partial charge in [-0.1, -0.05) is 71.8 Å². The number of carbonyl (C=O) groups is 2. The summed E-state index contributed by atoms with van der Waals surface area (Å²) in [4.78, 5) is 34.6. The quantitative estimate of drug-likeness (QED) is 0.235. The van der Waals surface area contributed by atoms with E-state index >= 15 is 0 Å². The molecule has 5 heteroatoms. The lowest BCUT2D eigenvalue weighted by molar-refractivity contribution is -0.141. The topological polar surface area (TPSA) is 69.2 Å². The number of benzene rings is 3. The predicted molar refractivity (Wildman–Crippen MR) is 124 cm³/mol. The molecule has 0 saturated carbocycles. The summed E-state index contributed by atoms with van der Waals surface area (Å²) in [6.45, 7) is 3.91. The molecule has 1 heterocycles. The molecular weight excluding hydrogens is 400 g/mol. The number of nitrogens with zero attached hydrogens (tertiary/aromatic N) is 2. The molecule has 0 radical (unpaired) electrons. The summed E-state index contributed by atoms with van der Waals surface area (Å²) in [5.74, 6) is -0.910. The van der Waals surface area contributed by atoms with E-state index < -0.39 is 12.1 Å². The summed E-state index contributed by atoms with van der Waals surface area (Å²) in [6, 6.07) is 22.1. The van der Waals surface area contributed by atoms with Gasteiger partial charge in [0.05, 0.1) is 22.9 Å². The average Bonchev–Trinajstić information content (AvgIpc) is 2.82. The number of aryl methyl sites for hydroxylation is 2. The predicted octanol–water partition coefficient (Wildman–Crippen LogP) is 5.43. The summed E-state index contributed by atoms with van der Waals surface area (Å²) < 4.78 is 5.61. The van der Waals surface area contributed by atoms with Crippen LogP contribution in [0.4, 0.5) is 0 Å². The number of fused-ring (bicyclic) bond motifs is 1. The van der Waals surface area contributed by atoms with Crippen LogP contribution in [0.1, 0.15) is 38.8 Å². The van der Waals surface area contributed by atoms with Crippen molar-refractivity contribution in [2.75, 3.05) is 0 Å². The lowest BCUT2D eigenvalue weighted by atomic mass is 9.98. The van der Waals surface area contributed by atoms with E-state index in [-0.39, 0.29) is 5.78 Å². The van der Waals surface area contributed by atoms with Crippen LogP contribution in [0.3, 0.4) is 0 Å². The van der Waals surface area contributed by atoms with Gasteiger partial charge in [0, 0.05) is 17.2 Å². The summed E-state index contributed by atoms with van der Waals surface area (Å²) in [7, 11) is 0. The Morgan fingerprint density at radius 1 is 0.844 bits per heavy atom. The van der Waals surface area contributed by atoms with E-state index in [1.165, 1.54) is 12.2 Å². The van der Waals surface area contributed by atoms with E-state index in [1.807, 2.05) is 62.4 Å². The van der Waals surface area contributed by atoms with Crippen LogP contribution in [-0.2, 0) is 9.53 Å². The summed E-state index contributed by atoms with van der Waals surface area (Å²) in [5.41, 5.74) is 5.23. The second kappa shape index (κ2) is 9.35. The number of rotatable bonds is 6. The van der Waals surface area contributed by atoms with Crippen molar-refractivity contribution in [3.8, 4) is 0 Å². The lowest BCUT2D eigenvalue weighted by Gasteiger charge is -2.17. The Morgan fingerprint density at radius 2 is 1.47 bits per heavy atom. The molecule has 4 rings (SSSR count). The maximum Gasteiger partial charge on any atom is 0.331 e. The van der Waals surface area contributed by atoms with Crippen LogP contribution in [0, 0.1) is 13.8 Å². The van der Waals surface area contributed by atoms with Gasteiger partial charge in [0.25, 0.3) is 0 Å². The highest BCUT2D eigenvalue weighted by molar-refractivity contribution is 6.01. The number of hydrogen-bond donors (Lipinski definition) is 0. The fraction of sp³-hybridized carbons (Fsp3) is 0.111. The molecule has 0 fully saturated rings. The molecule has 0 aliphatic carbocycles. The first-order valence-corrected chi connectivity index (χ1v) is 10.3. The first-order chi connectivity index (χ1) is 15.5. The Labute approximate surface area is 186 Å². The number of para-hydroxylation sites is 2. The first-order valence-electron chi connectivity index (χ1n) is 10.3. The van der Waals surface area contributed by atoms with E-state index in [1.54, 1.807) is 30.5 Å². The molecule has 1 aromatic heterocycles. The molecule has 0 spiro atoms. The van der Waals surface area contributed by atoms with Crippen LogP contribution >= 0.6 is 0 Å². The average molecular weight is 422 g/mol. The maximum atomic E-state index is 13.2. The molecule has 0 N–H and O–H groups in total. The SMILES string of the molecule is Cc1ccc(C(=O)C(OC(=O)/C=C/c2cnc3ccccc3n2)c2ccc(C)cc2)cc1. The van der Waals surface area contributed by atoms with E-state index in [9.17, 15) is 9.59 Å². The van der Waals surface area contributed by atoms with Crippen LogP contribution in [0.15, 0.2) is 85.1 Å². The third kappa shape index (κ3) is 4.95. The zero-order valence-corrected chi connectivity index (χ0v) is 17.9. The smallest absolute Gasteiger partial charge is 0.331 e. The second-order valence-corrected chi connectivity index (χ2v) is 7.57. The molecule has 4 aromatic rings. The highest BCUT2D eigenvalue weighted by atomic mass is 16.5. The van der Waals surface area contributed by atoms with Crippen molar-refractivity contribution in [3.05, 3.63) is 113 Å². The fourth-order valence-electron chi connectivity index (χ4n) is 3.24. The fourth-order valence-corrected chi connectivity index (χ4v) is 3.24. The van der Waals surface area contributed by atoms with Gasteiger partial charge in [-0.15, -0.1) is 0 Å². The Morgan fingerprint density at radius 3 is 2.16 bits per heavy atom. The standard InChI is InChI=1S/C27H22N2O3/c1-18-7-11-20(12-8-18)26(31)27(21-13-9-19(2)10-14-21)32-25(30)16-15-22-17-28-23-5-3-4-6-24(23)29-22/h3-17,27H,1-2H3/b16-15+. The van der Waals surface area contributed by atoms with Crippen molar-refractivity contribution in [1.29, 1.82) is 0 Å². The molecule has 1 unspecified atom stereocenters. The second-order valence-electron chi connectivity index (χ2n) is 7.57. The van der Waals surface area contributed by atoms with Gasteiger partial charge >= 0.3 is 5.97 Å². The Hall–Kier alpha value is -4.12. The van der Waals surface area contributed by atoms with E-state index in [0.29, 0.717) is 16.8 Å². The van der Waals surface area contributed by atoms with Gasteiger partial charge in [0.2, 0.25) is 5.78 Å². The van der Waals surface area contributed by atoms with Crippen molar-refractivity contribution in [2.45, 2.75) is 20.0 Å². The maximum absolute atomic E-state index is 13.2. The van der Waals surface area contributed by atoms with Crippen molar-refractivity contribution in [1.82, 2.24) is 9.97 Å². The number of esters is 1. The highest BCUT2D eigenvalue weighted by Gasteiger charge is 2.25. The molecule has 0 aliphatic heterocycles. The minimum absolute atomic E-state index is 0.277. The molecule has 3 aromatic carbocycles. The minimum Gasteiger partial charge on any atom is -0.446 e. The van der Waals surface area contributed by atoms with Gasteiger partial charge in [0.1, 0.15) is 0 Å². The molecule has 5 nitrogen and oxygen atoms in total. The number of ketones is 1. The molecule has 0 aliphatic rings. The highest BCUT2D eigenvalue weighted by Crippen LogP contribution is 2.24. The number of Topliss-reactive ketones (excluding diaryl/α,β-unsaturated/α-hetero) is 1. The van der Waals surface area contributed by atoms with Crippen molar-refractivity contribution < 1.29 is 14.3 Å². The zero-order chi connectivity index (χ0) is 22.5. The Balaban J connectivity index is 1.57. The van der Waals surface area contributed by atoms with Crippen LogP contribution < -0.4 is 0 Å². The van der Waals surface area contributed by atoms with E-state index in [2.05, 4.69) is 9.97 Å². The van der Waals surface area contributed by atoms with Gasteiger partial charge in [-0.25, -0.2) is 9.78 Å². The number of ether oxygens (including phenoxy) is 1. The van der Waals surface area contributed by atoms with E-state index in [0.717, 1.165) is 22.2 Å². The summed E-state index contributed by atoms with van der Waals surface area (Å²) in [5, 5.41) is 0. The molecule has 0 saturated heterocycles. The van der Waals surface area contributed by atoms with Gasteiger partial charge in [-0.2, -0.15) is 0 Å². The molecule has 1 atom stereocenters. The van der Waals surface area contributed by atoms with Gasteiger partial charge in [-0.3, -0.25) is 9.78 Å². The monoisotopic (exact) mass is 422 g/mol. The largest absolute Gasteiger partial charge is 0.446 e. The molecule has 158 valence electrons. The molecule has 0 amide bonds. The first kappa shape index (κ1) is 21.1. The van der Waals surface area contributed by atoms with Crippen molar-refractivity contribution in [2.24, 2.45) is 0 Å². The van der Waals surface area contributed by atoms with Crippen molar-refractivity contribution in [3.63, 3.8) is 0 Å². The Kier molecular flexibility index (Phi) is 6.17. The summed E-state index contributed by atoms with van der Waals surface area (Å²) in [6.07, 6.45) is 3.34. The van der Waals surface area contributed by atoms with Gasteiger partial charge in [-0.05, 0) is 32.1 Å². The van der Waals surface area contributed by atoms with Crippen molar-refractivity contribution >= 4 is 28.9 Å². The molecule has 32 heavy (non-hydrogen) atoms. The van der Waals surface area contributed by atoms with Crippen LogP contribution in [0.5, 0.6) is 0 Å². The molecule has 0 bridgehead atoms. The summed E-state index contributed by atoms with van der Waals surface area (Å²) >= 11 is 0. The Bertz CT molecular complexity index is 1290. The number of carbonyl (C=O) groups excluding carboxylic acids is 2. The number of aromatic nitrogens is 2. The van der Waals surface area contributed by atoms with Crippen LogP contribution in [0.25, 0.3) is 17.1 Å². The number of hydrogen-bond acceptors (Lipinski definition) is 5. The van der Waals surface area contributed by atoms with Gasteiger partial charge in [0.15, 0.2) is 6.10 Å². The normalized spacial score (nSPS) is 12.1. The van der Waals surface area contributed by atoms with Crippen LogP contribution in [0.2, 0.25) is 0 Å². The minimum atomic E-state index is -1.04. The zero-order valence-electron chi connectivity index (χ0n) is 17.9. The van der Waals surface area contributed by atoms with Gasteiger partial charge < -0.3 is 4.74 Å². The lowest BCUT2D eigenvalue weighted by Crippen LogP contribution is -2.19. The third-order valence-electron chi connectivity index (χ3n) is 5.05. The van der Waals surface area contributed by atoms with E-state index in [4.69, 9.17) is 4.74 Å². The van der Waals surface area contributed by atoms with Crippen LogP contribution in [-0.4, -0.2) is 21.7 Å².